The molecule has 0 atom stereocenters. The van der Waals surface area contributed by atoms with Gasteiger partial charge in [-0.1, -0.05) is 30.3 Å². The number of hydrogen-bond acceptors (Lipinski definition) is 5. The third-order valence-corrected chi connectivity index (χ3v) is 4.37. The molecule has 0 aliphatic rings. The SMILES string of the molecule is Cc1cccc2nc(COC(=O)c3cc4ccccc4cc3O)cc(=O)n12. The first-order chi connectivity index (χ1) is 13.0. The van der Waals surface area contributed by atoms with E-state index in [1.807, 2.05) is 37.3 Å². The standard InChI is InChI=1S/C21H16N2O4/c1-13-5-4-8-19-22-16(11-20(25)23(13)19)12-27-21(26)17-9-14-6-2-3-7-15(14)10-18(17)24/h2-11,24H,12H2,1H3. The zero-order valence-electron chi connectivity index (χ0n) is 14.5. The van der Waals surface area contributed by atoms with Crippen LogP contribution in [0.15, 0.2) is 65.5 Å². The summed E-state index contributed by atoms with van der Waals surface area (Å²) >= 11 is 0. The van der Waals surface area contributed by atoms with Crippen molar-refractivity contribution in [2.24, 2.45) is 0 Å². The van der Waals surface area contributed by atoms with E-state index in [9.17, 15) is 14.7 Å². The maximum Gasteiger partial charge on any atom is 0.342 e. The Bertz CT molecular complexity index is 1240. The van der Waals surface area contributed by atoms with Crippen LogP contribution < -0.4 is 5.56 Å². The lowest BCUT2D eigenvalue weighted by Gasteiger charge is -2.09. The summed E-state index contributed by atoms with van der Waals surface area (Å²) in [6, 6.07) is 17.2. The van der Waals surface area contributed by atoms with E-state index in [1.54, 1.807) is 18.2 Å². The van der Waals surface area contributed by atoms with Gasteiger partial charge in [-0.3, -0.25) is 9.20 Å². The molecule has 0 bridgehead atoms. The highest BCUT2D eigenvalue weighted by Crippen LogP contribution is 2.25. The maximum absolute atomic E-state index is 12.4. The third-order valence-electron chi connectivity index (χ3n) is 4.37. The number of pyridine rings is 1. The van der Waals surface area contributed by atoms with Gasteiger partial charge >= 0.3 is 5.97 Å². The lowest BCUT2D eigenvalue weighted by Crippen LogP contribution is -2.18. The fraction of sp³-hybridized carbons (Fsp3) is 0.0952. The summed E-state index contributed by atoms with van der Waals surface area (Å²) in [6.07, 6.45) is 0. The number of hydrogen-bond donors (Lipinski definition) is 1. The Morgan fingerprint density at radius 3 is 2.59 bits per heavy atom. The first kappa shape index (κ1) is 16.8. The Kier molecular flexibility index (Phi) is 4.08. The van der Waals surface area contributed by atoms with Crippen molar-refractivity contribution in [3.63, 3.8) is 0 Å². The Hall–Kier alpha value is -3.67. The van der Waals surface area contributed by atoms with Crippen LogP contribution >= 0.6 is 0 Å². The van der Waals surface area contributed by atoms with E-state index in [0.717, 1.165) is 16.5 Å². The van der Waals surface area contributed by atoms with Gasteiger partial charge in [0.05, 0.1) is 5.69 Å². The van der Waals surface area contributed by atoms with Crippen LogP contribution in [0.25, 0.3) is 16.4 Å². The normalized spacial score (nSPS) is 11.0. The smallest absolute Gasteiger partial charge is 0.342 e. The molecule has 0 saturated heterocycles. The van der Waals surface area contributed by atoms with E-state index in [0.29, 0.717) is 11.3 Å². The number of carbonyl (C=O) groups is 1. The van der Waals surface area contributed by atoms with Gasteiger partial charge in [0.15, 0.2) is 0 Å². The van der Waals surface area contributed by atoms with Gasteiger partial charge in [-0.2, -0.15) is 0 Å². The second kappa shape index (κ2) is 6.57. The van der Waals surface area contributed by atoms with Crippen molar-refractivity contribution < 1.29 is 14.6 Å². The molecule has 0 unspecified atom stereocenters. The predicted octanol–water partition coefficient (Wildman–Crippen LogP) is 3.22. The monoisotopic (exact) mass is 360 g/mol. The minimum absolute atomic E-state index is 0.0713. The average molecular weight is 360 g/mol. The predicted molar refractivity (Wildman–Crippen MR) is 101 cm³/mol. The highest BCUT2D eigenvalue weighted by Gasteiger charge is 2.15. The number of fused-ring (bicyclic) bond motifs is 2. The van der Waals surface area contributed by atoms with Crippen molar-refractivity contribution in [1.82, 2.24) is 9.38 Å². The fourth-order valence-corrected chi connectivity index (χ4v) is 3.05. The van der Waals surface area contributed by atoms with Crippen LogP contribution in [-0.4, -0.2) is 20.5 Å². The van der Waals surface area contributed by atoms with Gasteiger partial charge in [-0.25, -0.2) is 9.78 Å². The summed E-state index contributed by atoms with van der Waals surface area (Å²) in [4.78, 5) is 29.0. The number of benzene rings is 2. The van der Waals surface area contributed by atoms with E-state index >= 15 is 0 Å². The minimum atomic E-state index is -0.676. The van der Waals surface area contributed by atoms with Crippen LogP contribution in [0, 0.1) is 6.92 Å². The van der Waals surface area contributed by atoms with Gasteiger partial charge in [0.25, 0.3) is 5.56 Å². The lowest BCUT2D eigenvalue weighted by atomic mass is 10.1. The molecule has 2 aromatic heterocycles. The Labute approximate surface area is 154 Å². The van der Waals surface area contributed by atoms with Crippen LogP contribution in [0.2, 0.25) is 0 Å². The highest BCUT2D eigenvalue weighted by atomic mass is 16.5. The molecule has 2 heterocycles. The molecule has 27 heavy (non-hydrogen) atoms. The summed E-state index contributed by atoms with van der Waals surface area (Å²) < 4.78 is 6.76. The fourth-order valence-electron chi connectivity index (χ4n) is 3.05. The van der Waals surface area contributed by atoms with Crippen molar-refractivity contribution in [3.05, 3.63) is 88.0 Å². The van der Waals surface area contributed by atoms with Gasteiger partial charge in [-0.05, 0) is 42.0 Å². The summed E-state index contributed by atoms with van der Waals surface area (Å²) in [5.74, 6) is -0.828. The topological polar surface area (TPSA) is 80.9 Å². The number of aromatic hydroxyl groups is 1. The molecule has 2 aromatic carbocycles. The Balaban J connectivity index is 1.60. The Morgan fingerprint density at radius 1 is 1.07 bits per heavy atom. The molecule has 0 spiro atoms. The molecule has 0 fully saturated rings. The molecule has 0 radical (unpaired) electrons. The number of aromatic nitrogens is 2. The van der Waals surface area contributed by atoms with E-state index in [4.69, 9.17) is 4.74 Å². The van der Waals surface area contributed by atoms with Crippen LogP contribution in [0.4, 0.5) is 0 Å². The lowest BCUT2D eigenvalue weighted by molar-refractivity contribution is 0.0464. The molecule has 4 rings (SSSR count). The molecule has 0 aliphatic heterocycles. The van der Waals surface area contributed by atoms with E-state index < -0.39 is 5.97 Å². The molecule has 0 amide bonds. The number of carbonyl (C=O) groups excluding carboxylic acids is 1. The quantitative estimate of drug-likeness (QED) is 0.568. The van der Waals surface area contributed by atoms with Crippen LogP contribution in [0.5, 0.6) is 5.75 Å². The molecular weight excluding hydrogens is 344 g/mol. The van der Waals surface area contributed by atoms with E-state index in [1.165, 1.54) is 16.5 Å². The zero-order valence-corrected chi connectivity index (χ0v) is 14.5. The number of rotatable bonds is 3. The van der Waals surface area contributed by atoms with Crippen molar-refractivity contribution >= 4 is 22.4 Å². The summed E-state index contributed by atoms with van der Waals surface area (Å²) in [6.45, 7) is 1.66. The number of esters is 1. The van der Waals surface area contributed by atoms with Crippen molar-refractivity contribution in [2.45, 2.75) is 13.5 Å². The summed E-state index contributed by atoms with van der Waals surface area (Å²) in [5.41, 5.74) is 1.44. The molecule has 6 nitrogen and oxygen atoms in total. The molecule has 1 N–H and O–H groups in total. The highest BCUT2D eigenvalue weighted by molar-refractivity contribution is 5.98. The molecular formula is C21H16N2O4. The summed E-state index contributed by atoms with van der Waals surface area (Å²) in [7, 11) is 0. The second-order valence-electron chi connectivity index (χ2n) is 6.24. The molecule has 134 valence electrons. The minimum Gasteiger partial charge on any atom is -0.507 e. The van der Waals surface area contributed by atoms with Crippen molar-refractivity contribution in [1.29, 1.82) is 0 Å². The van der Waals surface area contributed by atoms with Gasteiger partial charge in [0.2, 0.25) is 0 Å². The Morgan fingerprint density at radius 2 is 1.81 bits per heavy atom. The first-order valence-corrected chi connectivity index (χ1v) is 8.40. The van der Waals surface area contributed by atoms with Gasteiger partial charge < -0.3 is 9.84 Å². The van der Waals surface area contributed by atoms with E-state index in [2.05, 4.69) is 4.98 Å². The largest absolute Gasteiger partial charge is 0.507 e. The van der Waals surface area contributed by atoms with E-state index in [-0.39, 0.29) is 23.5 Å². The van der Waals surface area contributed by atoms with Crippen LogP contribution in [0.3, 0.4) is 0 Å². The first-order valence-electron chi connectivity index (χ1n) is 8.40. The number of phenolic OH excluding ortho intramolecular Hbond substituents is 1. The number of nitrogens with zero attached hydrogens (tertiary/aromatic N) is 2. The zero-order chi connectivity index (χ0) is 19.0. The molecule has 6 heteroatoms. The average Bonchev–Trinajstić information content (AvgIpc) is 2.65. The van der Waals surface area contributed by atoms with Gasteiger partial charge in [0.1, 0.15) is 23.6 Å². The van der Waals surface area contributed by atoms with Crippen LogP contribution in [0.1, 0.15) is 21.7 Å². The third kappa shape index (κ3) is 3.13. The molecule has 0 aliphatic carbocycles. The second-order valence-corrected chi connectivity index (χ2v) is 6.24. The van der Waals surface area contributed by atoms with Gasteiger partial charge in [0, 0.05) is 11.8 Å². The van der Waals surface area contributed by atoms with Crippen LogP contribution in [-0.2, 0) is 11.3 Å². The molecule has 0 saturated carbocycles. The van der Waals surface area contributed by atoms with Crippen molar-refractivity contribution in [3.8, 4) is 5.75 Å². The maximum atomic E-state index is 12.4. The molecule has 4 aromatic rings. The number of ether oxygens (including phenoxy) is 1. The van der Waals surface area contributed by atoms with Gasteiger partial charge in [-0.15, -0.1) is 0 Å². The number of aryl methyl sites for hydroxylation is 1. The van der Waals surface area contributed by atoms with Crippen molar-refractivity contribution in [2.75, 3.05) is 0 Å². The number of phenols is 1. The summed E-state index contributed by atoms with van der Waals surface area (Å²) in [5, 5.41) is 11.8.